The van der Waals surface area contributed by atoms with Gasteiger partial charge in [0.2, 0.25) is 0 Å². The van der Waals surface area contributed by atoms with Gasteiger partial charge in [0.05, 0.1) is 6.61 Å². The van der Waals surface area contributed by atoms with E-state index in [1.165, 1.54) is 0 Å². The number of rotatable bonds is 5. The molecule has 0 atom stereocenters. The Hall–Kier alpha value is -1.07. The molecule has 5 heteroatoms. The van der Waals surface area contributed by atoms with Gasteiger partial charge in [0.1, 0.15) is 5.75 Å². The third-order valence-corrected chi connectivity index (χ3v) is 3.58. The molecule has 0 saturated heterocycles. The van der Waals surface area contributed by atoms with Crippen LogP contribution in [0.25, 0.3) is 0 Å². The van der Waals surface area contributed by atoms with Crippen LogP contribution in [-0.2, 0) is 0 Å². The first-order valence-electron chi connectivity index (χ1n) is 5.54. The molecule has 2 rings (SSSR count). The lowest BCUT2D eigenvalue weighted by Gasteiger charge is -2.08. The highest BCUT2D eigenvalue weighted by molar-refractivity contribution is 9.10. The van der Waals surface area contributed by atoms with Crippen LogP contribution in [-0.4, -0.2) is 22.3 Å². The van der Waals surface area contributed by atoms with E-state index in [0.717, 1.165) is 26.7 Å². The number of hydrogen-bond acceptors (Lipinski definition) is 4. The minimum Gasteiger partial charge on any atom is -0.492 e. The van der Waals surface area contributed by atoms with Crippen molar-refractivity contribution in [3.05, 3.63) is 46.7 Å². The summed E-state index contributed by atoms with van der Waals surface area (Å²) in [6.45, 7) is 2.68. The molecule has 94 valence electrons. The van der Waals surface area contributed by atoms with Gasteiger partial charge in [0.25, 0.3) is 0 Å². The van der Waals surface area contributed by atoms with Crippen molar-refractivity contribution in [3.8, 4) is 5.75 Å². The lowest BCUT2D eigenvalue weighted by Crippen LogP contribution is -2.02. The topological polar surface area (TPSA) is 35.0 Å². The highest BCUT2D eigenvalue weighted by atomic mass is 79.9. The maximum absolute atomic E-state index is 5.72. The molecule has 0 N–H and O–H groups in total. The molecule has 0 amide bonds. The van der Waals surface area contributed by atoms with E-state index < -0.39 is 0 Å². The van der Waals surface area contributed by atoms with Crippen LogP contribution in [0.5, 0.6) is 5.75 Å². The zero-order valence-electron chi connectivity index (χ0n) is 9.97. The summed E-state index contributed by atoms with van der Waals surface area (Å²) in [5.41, 5.74) is 1.13. The Morgan fingerprint density at radius 1 is 1.28 bits per heavy atom. The molecule has 0 radical (unpaired) electrons. The molecule has 0 saturated carbocycles. The van der Waals surface area contributed by atoms with Gasteiger partial charge in [-0.2, -0.15) is 0 Å². The monoisotopic (exact) mass is 324 g/mol. The van der Waals surface area contributed by atoms with Gasteiger partial charge >= 0.3 is 0 Å². The normalized spacial score (nSPS) is 10.3. The van der Waals surface area contributed by atoms with E-state index in [2.05, 4.69) is 25.9 Å². The molecule has 1 heterocycles. The molecule has 2 aromatic rings. The van der Waals surface area contributed by atoms with Gasteiger partial charge in [-0.25, -0.2) is 9.97 Å². The fourth-order valence-electron chi connectivity index (χ4n) is 1.42. The Balaban J connectivity index is 1.79. The van der Waals surface area contributed by atoms with Gasteiger partial charge in [-0.3, -0.25) is 0 Å². The van der Waals surface area contributed by atoms with Crippen LogP contribution in [0.15, 0.2) is 46.3 Å². The number of ether oxygens (including phenoxy) is 1. The summed E-state index contributed by atoms with van der Waals surface area (Å²) in [4.78, 5) is 8.29. The number of thioether (sulfide) groups is 1. The fraction of sp³-hybridized carbons (Fsp3) is 0.231. The molecule has 18 heavy (non-hydrogen) atoms. The average molecular weight is 325 g/mol. The third-order valence-electron chi connectivity index (χ3n) is 2.25. The van der Waals surface area contributed by atoms with Gasteiger partial charge in [-0.1, -0.05) is 27.7 Å². The SMILES string of the molecule is Cc1cc(Br)ccc1OCCSc1ncccn1. The Kier molecular flexibility index (Phi) is 5.01. The molecular weight excluding hydrogens is 312 g/mol. The minimum atomic E-state index is 0.644. The maximum Gasteiger partial charge on any atom is 0.187 e. The van der Waals surface area contributed by atoms with E-state index in [-0.39, 0.29) is 0 Å². The first-order chi connectivity index (χ1) is 8.75. The van der Waals surface area contributed by atoms with Crippen molar-refractivity contribution in [1.29, 1.82) is 0 Å². The van der Waals surface area contributed by atoms with Crippen LogP contribution in [0.4, 0.5) is 0 Å². The Bertz CT molecular complexity index is 508. The second-order valence-corrected chi connectivity index (χ2v) is 5.62. The molecule has 0 aliphatic carbocycles. The van der Waals surface area contributed by atoms with E-state index in [1.807, 2.05) is 31.2 Å². The summed E-state index contributed by atoms with van der Waals surface area (Å²) in [7, 11) is 0. The number of nitrogens with zero attached hydrogens (tertiary/aromatic N) is 2. The predicted octanol–water partition coefficient (Wildman–Crippen LogP) is 3.72. The van der Waals surface area contributed by atoms with Crippen LogP contribution in [0.1, 0.15) is 5.56 Å². The smallest absolute Gasteiger partial charge is 0.187 e. The lowest BCUT2D eigenvalue weighted by atomic mass is 10.2. The largest absolute Gasteiger partial charge is 0.492 e. The summed E-state index contributed by atoms with van der Waals surface area (Å²) < 4.78 is 6.79. The van der Waals surface area contributed by atoms with Crippen LogP contribution in [0, 0.1) is 6.92 Å². The predicted molar refractivity (Wildman–Crippen MR) is 77.1 cm³/mol. The van der Waals surface area contributed by atoms with Gasteiger partial charge in [0, 0.05) is 22.6 Å². The minimum absolute atomic E-state index is 0.644. The molecule has 0 aliphatic heterocycles. The summed E-state index contributed by atoms with van der Waals surface area (Å²) >= 11 is 5.02. The summed E-state index contributed by atoms with van der Waals surface area (Å²) in [6.07, 6.45) is 3.49. The zero-order valence-corrected chi connectivity index (χ0v) is 12.4. The molecule has 1 aromatic carbocycles. The quantitative estimate of drug-likeness (QED) is 0.477. The molecular formula is C13H13BrN2OS. The van der Waals surface area contributed by atoms with Crippen molar-refractivity contribution in [2.45, 2.75) is 12.1 Å². The number of hydrogen-bond donors (Lipinski definition) is 0. The van der Waals surface area contributed by atoms with E-state index in [0.29, 0.717) is 6.61 Å². The van der Waals surface area contributed by atoms with E-state index >= 15 is 0 Å². The molecule has 0 spiro atoms. The number of aromatic nitrogens is 2. The van der Waals surface area contributed by atoms with Gasteiger partial charge in [-0.15, -0.1) is 0 Å². The van der Waals surface area contributed by atoms with E-state index in [4.69, 9.17) is 4.74 Å². The maximum atomic E-state index is 5.72. The molecule has 0 bridgehead atoms. The summed E-state index contributed by atoms with van der Waals surface area (Å²) in [5, 5.41) is 0.786. The van der Waals surface area contributed by atoms with Crippen molar-refractivity contribution >= 4 is 27.7 Å². The molecule has 1 aromatic heterocycles. The molecule has 3 nitrogen and oxygen atoms in total. The Morgan fingerprint density at radius 2 is 2.06 bits per heavy atom. The molecule has 0 aliphatic rings. The first kappa shape index (κ1) is 13.4. The second-order valence-electron chi connectivity index (χ2n) is 3.64. The number of aryl methyl sites for hydroxylation is 1. The van der Waals surface area contributed by atoms with Crippen molar-refractivity contribution < 1.29 is 4.74 Å². The van der Waals surface area contributed by atoms with Crippen molar-refractivity contribution in [3.63, 3.8) is 0 Å². The second kappa shape index (κ2) is 6.75. The Labute approximate surface area is 119 Å². The first-order valence-corrected chi connectivity index (χ1v) is 7.32. The highest BCUT2D eigenvalue weighted by Gasteiger charge is 2.01. The molecule has 0 unspecified atom stereocenters. The van der Waals surface area contributed by atoms with Crippen molar-refractivity contribution in [2.24, 2.45) is 0 Å². The Morgan fingerprint density at radius 3 is 2.78 bits per heavy atom. The van der Waals surface area contributed by atoms with Crippen molar-refractivity contribution in [2.75, 3.05) is 12.4 Å². The van der Waals surface area contributed by atoms with Gasteiger partial charge < -0.3 is 4.74 Å². The van der Waals surface area contributed by atoms with Crippen LogP contribution < -0.4 is 4.74 Å². The van der Waals surface area contributed by atoms with Gasteiger partial charge in [-0.05, 0) is 36.8 Å². The van der Waals surface area contributed by atoms with Crippen LogP contribution in [0.2, 0.25) is 0 Å². The number of halogens is 1. The van der Waals surface area contributed by atoms with E-state index in [9.17, 15) is 0 Å². The zero-order chi connectivity index (χ0) is 12.8. The molecule has 0 fully saturated rings. The standard InChI is InChI=1S/C13H13BrN2OS/c1-10-9-11(14)3-4-12(10)17-7-8-18-13-15-5-2-6-16-13/h2-6,9H,7-8H2,1H3. The lowest BCUT2D eigenvalue weighted by molar-refractivity contribution is 0.341. The van der Waals surface area contributed by atoms with Gasteiger partial charge in [0.15, 0.2) is 5.16 Å². The van der Waals surface area contributed by atoms with Crippen LogP contribution in [0.3, 0.4) is 0 Å². The van der Waals surface area contributed by atoms with Crippen LogP contribution >= 0.6 is 27.7 Å². The summed E-state index contributed by atoms with van der Waals surface area (Å²) in [5.74, 6) is 1.76. The number of benzene rings is 1. The average Bonchev–Trinajstić information content (AvgIpc) is 2.38. The van der Waals surface area contributed by atoms with Crippen molar-refractivity contribution in [1.82, 2.24) is 9.97 Å². The third kappa shape index (κ3) is 3.99. The fourth-order valence-corrected chi connectivity index (χ4v) is 2.51. The highest BCUT2D eigenvalue weighted by Crippen LogP contribution is 2.22. The summed E-state index contributed by atoms with van der Waals surface area (Å²) in [6, 6.07) is 7.81. The van der Waals surface area contributed by atoms with E-state index in [1.54, 1.807) is 24.2 Å².